The van der Waals surface area contributed by atoms with Crippen LogP contribution >= 0.6 is 23.2 Å². The molecule has 4 aromatic rings. The van der Waals surface area contributed by atoms with Crippen LogP contribution < -0.4 is 15.4 Å². The molecule has 2 aromatic carbocycles. The van der Waals surface area contributed by atoms with Crippen molar-refractivity contribution in [1.29, 1.82) is 0 Å². The van der Waals surface area contributed by atoms with Gasteiger partial charge in [-0.05, 0) is 43.9 Å². The average molecular weight is 734 g/mol. The summed E-state index contributed by atoms with van der Waals surface area (Å²) in [7, 11) is 1.60. The van der Waals surface area contributed by atoms with Gasteiger partial charge in [0.1, 0.15) is 5.82 Å². The fraction of sp³-hybridized carbons (Fsp3) is 0.385. The van der Waals surface area contributed by atoms with Crippen LogP contribution in [-0.2, 0) is 22.7 Å². The zero-order valence-electron chi connectivity index (χ0n) is 29.1. The Bertz CT molecular complexity index is 1890. The zero-order chi connectivity index (χ0) is 36.1. The molecular weight excluding hydrogens is 690 g/mol. The highest BCUT2D eigenvalue weighted by Gasteiger charge is 2.23. The van der Waals surface area contributed by atoms with Crippen LogP contribution in [0.3, 0.4) is 0 Å². The van der Waals surface area contributed by atoms with Crippen molar-refractivity contribution in [3.05, 3.63) is 87.8 Å². The number of amides is 2. The molecule has 4 heterocycles. The molecule has 2 fully saturated rings. The molecule has 12 heteroatoms. The smallest absolute Gasteiger partial charge is 0.219 e. The molecule has 0 radical (unpaired) electrons. The molecule has 0 atom stereocenters. The van der Waals surface area contributed by atoms with Crippen molar-refractivity contribution in [1.82, 2.24) is 30.4 Å². The normalized spacial score (nSPS) is 15.6. The second-order valence-electron chi connectivity index (χ2n) is 13.2. The predicted molar refractivity (Wildman–Crippen MR) is 199 cm³/mol. The molecule has 268 valence electrons. The molecule has 2 aromatic heterocycles. The summed E-state index contributed by atoms with van der Waals surface area (Å²) in [6.07, 6.45) is 5.12. The average Bonchev–Trinajstić information content (AvgIpc) is 3.14. The fourth-order valence-corrected chi connectivity index (χ4v) is 7.51. The number of benzene rings is 2. The molecule has 0 bridgehead atoms. The Labute approximate surface area is 308 Å². The highest BCUT2D eigenvalue weighted by molar-refractivity contribution is 6.39. The second kappa shape index (κ2) is 16.5. The van der Waals surface area contributed by atoms with Gasteiger partial charge in [0, 0.05) is 105 Å². The van der Waals surface area contributed by atoms with Gasteiger partial charge in [-0.25, -0.2) is 9.37 Å². The van der Waals surface area contributed by atoms with Crippen molar-refractivity contribution < 1.29 is 18.7 Å². The molecule has 9 nitrogen and oxygen atoms in total. The van der Waals surface area contributed by atoms with Gasteiger partial charge in [0.15, 0.2) is 0 Å². The number of pyridine rings is 2. The quantitative estimate of drug-likeness (QED) is 0.179. The number of hydrogen-bond acceptors (Lipinski definition) is 7. The SMILES string of the molecule is COc1nc(-c2cccc(-c3ccnc(-c4ccc(CNC5CCN(C(C)=O)CC5)c(F)c4)c3Cl)c2Cl)ccc1CNC1CCN(C(C)=O)CC1. The maximum Gasteiger partial charge on any atom is 0.219 e. The Hall–Kier alpha value is -4.09. The van der Waals surface area contributed by atoms with Gasteiger partial charge in [-0.1, -0.05) is 59.6 Å². The third kappa shape index (κ3) is 8.52. The summed E-state index contributed by atoms with van der Waals surface area (Å²) in [5, 5.41) is 7.85. The first-order valence-electron chi connectivity index (χ1n) is 17.4. The maximum atomic E-state index is 15.4. The standard InChI is InChI=1S/C39H43Cl2FN6O3/c1-24(49)47-17-12-29(13-18-47)44-22-27-8-7-26(21-34(27)42)38-37(41)32(11-16-43-38)31-5-4-6-33(36(31)40)35-10-9-28(39(46-35)51-3)23-45-30-14-19-48(20-15-30)25(2)50/h4-11,16,21,29-30,44-45H,12-15,17-20,22-23H2,1-3H3. The number of halogens is 3. The lowest BCUT2D eigenvalue weighted by Gasteiger charge is -2.31. The van der Waals surface area contributed by atoms with E-state index < -0.39 is 0 Å². The van der Waals surface area contributed by atoms with Crippen molar-refractivity contribution in [2.45, 2.75) is 64.7 Å². The monoisotopic (exact) mass is 732 g/mol. The molecule has 0 spiro atoms. The van der Waals surface area contributed by atoms with Crippen LogP contribution in [0.25, 0.3) is 33.6 Å². The molecule has 0 saturated carbocycles. The van der Waals surface area contributed by atoms with Gasteiger partial charge in [0.25, 0.3) is 0 Å². The Morgan fingerprint density at radius 1 is 0.804 bits per heavy atom. The predicted octanol–water partition coefficient (Wildman–Crippen LogP) is 7.13. The van der Waals surface area contributed by atoms with Crippen molar-refractivity contribution in [3.63, 3.8) is 0 Å². The minimum absolute atomic E-state index is 0.0914. The first-order valence-corrected chi connectivity index (χ1v) is 18.1. The molecule has 0 unspecified atom stereocenters. The van der Waals surface area contributed by atoms with E-state index in [4.69, 9.17) is 32.9 Å². The largest absolute Gasteiger partial charge is 0.481 e. The number of hydrogen-bond donors (Lipinski definition) is 2. The van der Waals surface area contributed by atoms with Crippen LogP contribution in [0.4, 0.5) is 4.39 Å². The molecular formula is C39H43Cl2FN6O3. The summed E-state index contributed by atoms with van der Waals surface area (Å²) in [6, 6.07) is 17.0. The number of nitrogens with one attached hydrogen (secondary N) is 2. The molecule has 2 aliphatic heterocycles. The molecule has 2 N–H and O–H groups in total. The van der Waals surface area contributed by atoms with Crippen LogP contribution in [0, 0.1) is 5.82 Å². The van der Waals surface area contributed by atoms with Crippen molar-refractivity contribution in [3.8, 4) is 39.5 Å². The summed E-state index contributed by atoms with van der Waals surface area (Å²) in [5.74, 6) is 0.371. The van der Waals surface area contributed by atoms with Crippen molar-refractivity contribution in [2.75, 3.05) is 33.3 Å². The van der Waals surface area contributed by atoms with Gasteiger partial charge in [0.05, 0.1) is 28.5 Å². The van der Waals surface area contributed by atoms with E-state index in [2.05, 4.69) is 15.6 Å². The van der Waals surface area contributed by atoms with Crippen LogP contribution in [0.2, 0.25) is 10.0 Å². The highest BCUT2D eigenvalue weighted by atomic mass is 35.5. The molecule has 2 saturated heterocycles. The Balaban J connectivity index is 1.16. The number of carbonyl (C=O) groups is 2. The second-order valence-corrected chi connectivity index (χ2v) is 13.9. The van der Waals surface area contributed by atoms with Crippen LogP contribution in [-0.4, -0.2) is 77.0 Å². The summed E-state index contributed by atoms with van der Waals surface area (Å²) in [5.41, 5.74) is 5.22. The molecule has 2 aliphatic rings. The highest BCUT2D eigenvalue weighted by Crippen LogP contribution is 2.42. The minimum atomic E-state index is -0.346. The van der Waals surface area contributed by atoms with E-state index >= 15 is 4.39 Å². The van der Waals surface area contributed by atoms with Crippen LogP contribution in [0.5, 0.6) is 5.88 Å². The minimum Gasteiger partial charge on any atom is -0.481 e. The fourth-order valence-electron chi connectivity index (χ4n) is 6.86. The van der Waals surface area contributed by atoms with Crippen LogP contribution in [0.15, 0.2) is 60.8 Å². The van der Waals surface area contributed by atoms with Gasteiger partial charge >= 0.3 is 0 Å². The lowest BCUT2D eigenvalue weighted by atomic mass is 9.99. The molecule has 51 heavy (non-hydrogen) atoms. The zero-order valence-corrected chi connectivity index (χ0v) is 30.7. The molecule has 0 aliphatic carbocycles. The third-order valence-electron chi connectivity index (χ3n) is 9.96. The Kier molecular flexibility index (Phi) is 11.9. The van der Waals surface area contributed by atoms with Gasteiger partial charge < -0.3 is 25.2 Å². The van der Waals surface area contributed by atoms with E-state index in [-0.39, 0.29) is 23.7 Å². The van der Waals surface area contributed by atoms with E-state index in [1.54, 1.807) is 39.3 Å². The van der Waals surface area contributed by atoms with E-state index in [9.17, 15) is 9.59 Å². The number of piperidine rings is 2. The summed E-state index contributed by atoms with van der Waals surface area (Å²) in [4.78, 5) is 36.3. The number of carbonyl (C=O) groups excluding carboxylic acids is 2. The van der Waals surface area contributed by atoms with Gasteiger partial charge in [0.2, 0.25) is 17.7 Å². The topological polar surface area (TPSA) is 99.7 Å². The lowest BCUT2D eigenvalue weighted by molar-refractivity contribution is -0.130. The van der Waals surface area contributed by atoms with E-state index in [1.165, 1.54) is 6.07 Å². The summed E-state index contributed by atoms with van der Waals surface area (Å²) in [6.45, 7) is 7.11. The Morgan fingerprint density at radius 3 is 1.96 bits per heavy atom. The van der Waals surface area contributed by atoms with Gasteiger partial charge in [-0.2, -0.15) is 0 Å². The summed E-state index contributed by atoms with van der Waals surface area (Å²) >= 11 is 14.0. The third-order valence-corrected chi connectivity index (χ3v) is 10.7. The first kappa shape index (κ1) is 36.7. The molecule has 2 amide bonds. The van der Waals surface area contributed by atoms with E-state index in [0.717, 1.165) is 44.3 Å². The van der Waals surface area contributed by atoms with Crippen molar-refractivity contribution in [2.24, 2.45) is 0 Å². The lowest BCUT2D eigenvalue weighted by Crippen LogP contribution is -2.44. The number of rotatable bonds is 10. The number of methoxy groups -OCH3 is 1. The number of likely N-dealkylation sites (tertiary alicyclic amines) is 2. The van der Waals surface area contributed by atoms with Gasteiger partial charge in [-0.3, -0.25) is 14.6 Å². The van der Waals surface area contributed by atoms with E-state index in [0.29, 0.717) is 87.4 Å². The maximum absolute atomic E-state index is 15.4. The van der Waals surface area contributed by atoms with E-state index in [1.807, 2.05) is 46.2 Å². The summed E-state index contributed by atoms with van der Waals surface area (Å²) < 4.78 is 21.1. The van der Waals surface area contributed by atoms with Crippen LogP contribution in [0.1, 0.15) is 50.7 Å². The van der Waals surface area contributed by atoms with Gasteiger partial charge in [-0.15, -0.1) is 0 Å². The van der Waals surface area contributed by atoms with Crippen molar-refractivity contribution >= 4 is 35.0 Å². The number of ether oxygens (including phenoxy) is 1. The number of nitrogens with zero attached hydrogens (tertiary/aromatic N) is 4. The Morgan fingerprint density at radius 2 is 1.37 bits per heavy atom. The first-order chi connectivity index (χ1) is 24.6. The number of aromatic nitrogens is 2. The molecule has 6 rings (SSSR count).